The number of hydrogen-bond acceptors (Lipinski definition) is 5. The Balaban J connectivity index is 1.66. The Kier molecular flexibility index (Phi) is 3.33. The SMILES string of the molecule is Cc1c(C2=C[C@H](c3ccc(Cl)cc3)n3nnnc3N2)oc2ccccc12. The number of nitrogens with one attached hydrogen (secondary N) is 1. The number of furan rings is 1. The lowest BCUT2D eigenvalue weighted by Gasteiger charge is -2.22. The van der Waals surface area contributed by atoms with E-state index in [1.807, 2.05) is 42.5 Å². The standard InChI is InChI=1S/C19H14ClN5O/c1-11-14-4-2-3-5-17(14)26-18(11)15-10-16(12-6-8-13(20)9-7-12)25-19(21-15)22-23-24-25/h2-10,16H,1H3,(H,21,22,24)/t16-/m1/s1. The normalized spacial score (nSPS) is 16.2. The van der Waals surface area contributed by atoms with Crippen molar-refractivity contribution in [2.75, 3.05) is 5.32 Å². The summed E-state index contributed by atoms with van der Waals surface area (Å²) in [5.41, 5.74) is 3.82. The Morgan fingerprint density at radius 3 is 2.73 bits per heavy atom. The van der Waals surface area contributed by atoms with Crippen LogP contribution in [-0.4, -0.2) is 20.2 Å². The maximum atomic E-state index is 6.10. The highest BCUT2D eigenvalue weighted by Gasteiger charge is 2.27. The molecule has 3 heterocycles. The molecule has 0 unspecified atom stereocenters. The smallest absolute Gasteiger partial charge is 0.248 e. The first kappa shape index (κ1) is 15.2. The first-order valence-electron chi connectivity index (χ1n) is 8.21. The number of tetrazole rings is 1. The Morgan fingerprint density at radius 2 is 1.92 bits per heavy atom. The Bertz CT molecular complexity index is 1140. The average Bonchev–Trinajstić information content (AvgIpc) is 3.26. The number of hydrogen-bond donors (Lipinski definition) is 1. The molecule has 0 bridgehead atoms. The van der Waals surface area contributed by atoms with Gasteiger partial charge in [-0.05, 0) is 47.2 Å². The second-order valence-corrected chi connectivity index (χ2v) is 6.64. The van der Waals surface area contributed by atoms with E-state index in [1.54, 1.807) is 4.68 Å². The van der Waals surface area contributed by atoms with E-state index in [-0.39, 0.29) is 6.04 Å². The average molecular weight is 364 g/mol. The second-order valence-electron chi connectivity index (χ2n) is 6.20. The van der Waals surface area contributed by atoms with Gasteiger partial charge in [-0.3, -0.25) is 0 Å². The molecule has 2 aromatic heterocycles. The lowest BCUT2D eigenvalue weighted by Crippen LogP contribution is -2.20. The minimum Gasteiger partial charge on any atom is -0.454 e. The third kappa shape index (κ3) is 2.30. The van der Waals surface area contributed by atoms with E-state index >= 15 is 0 Å². The maximum absolute atomic E-state index is 6.10. The molecule has 1 aliphatic rings. The van der Waals surface area contributed by atoms with Gasteiger partial charge in [-0.2, -0.15) is 4.68 Å². The van der Waals surface area contributed by atoms with Crippen molar-refractivity contribution in [2.24, 2.45) is 0 Å². The Morgan fingerprint density at radius 1 is 1.12 bits per heavy atom. The van der Waals surface area contributed by atoms with Crippen LogP contribution in [0.4, 0.5) is 5.95 Å². The highest BCUT2D eigenvalue weighted by molar-refractivity contribution is 6.30. The zero-order valence-electron chi connectivity index (χ0n) is 13.8. The summed E-state index contributed by atoms with van der Waals surface area (Å²) in [6.45, 7) is 2.05. The third-order valence-corrected chi connectivity index (χ3v) is 4.88. The first-order chi connectivity index (χ1) is 12.7. The molecule has 1 N–H and O–H groups in total. The van der Waals surface area contributed by atoms with Gasteiger partial charge in [-0.25, -0.2) is 0 Å². The van der Waals surface area contributed by atoms with Gasteiger partial charge in [-0.1, -0.05) is 47.0 Å². The number of halogens is 1. The van der Waals surface area contributed by atoms with Gasteiger partial charge in [0.25, 0.3) is 0 Å². The predicted octanol–water partition coefficient (Wildman–Crippen LogP) is 4.44. The van der Waals surface area contributed by atoms with Crippen LogP contribution in [0.3, 0.4) is 0 Å². The van der Waals surface area contributed by atoms with Crippen LogP contribution in [0.15, 0.2) is 59.0 Å². The fraction of sp³-hybridized carbons (Fsp3) is 0.105. The molecule has 1 atom stereocenters. The van der Waals surface area contributed by atoms with Gasteiger partial charge in [-0.15, -0.1) is 0 Å². The molecule has 0 saturated heterocycles. The minimum absolute atomic E-state index is 0.152. The molecule has 26 heavy (non-hydrogen) atoms. The van der Waals surface area contributed by atoms with E-state index in [9.17, 15) is 0 Å². The van der Waals surface area contributed by atoms with Gasteiger partial charge < -0.3 is 9.73 Å². The van der Waals surface area contributed by atoms with Crippen molar-refractivity contribution in [1.82, 2.24) is 20.2 Å². The molecule has 6 nitrogen and oxygen atoms in total. The summed E-state index contributed by atoms with van der Waals surface area (Å²) in [6, 6.07) is 15.5. The lowest BCUT2D eigenvalue weighted by molar-refractivity contribution is 0.572. The number of benzene rings is 2. The molecular weight excluding hydrogens is 350 g/mol. The molecule has 0 radical (unpaired) electrons. The molecule has 4 aromatic rings. The quantitative estimate of drug-likeness (QED) is 0.570. The van der Waals surface area contributed by atoms with Gasteiger partial charge in [0.2, 0.25) is 5.95 Å². The van der Waals surface area contributed by atoms with Crippen molar-refractivity contribution in [2.45, 2.75) is 13.0 Å². The van der Waals surface area contributed by atoms with Crippen LogP contribution in [0, 0.1) is 6.92 Å². The summed E-state index contributed by atoms with van der Waals surface area (Å²) in [6.07, 6.45) is 2.07. The van der Waals surface area contributed by atoms with Crippen LogP contribution in [0.1, 0.15) is 22.9 Å². The Hall–Kier alpha value is -3.12. The van der Waals surface area contributed by atoms with E-state index in [4.69, 9.17) is 16.0 Å². The van der Waals surface area contributed by atoms with Crippen LogP contribution in [0.25, 0.3) is 16.7 Å². The number of allylic oxidation sites excluding steroid dienone is 1. The van der Waals surface area contributed by atoms with E-state index in [0.29, 0.717) is 11.0 Å². The molecule has 128 valence electrons. The summed E-state index contributed by atoms with van der Waals surface area (Å²) >= 11 is 6.03. The topological polar surface area (TPSA) is 68.8 Å². The van der Waals surface area contributed by atoms with E-state index in [1.165, 1.54) is 0 Å². The second kappa shape index (κ2) is 5.71. The third-order valence-electron chi connectivity index (χ3n) is 4.63. The minimum atomic E-state index is -0.152. The molecule has 7 heteroatoms. The number of rotatable bonds is 2. The zero-order chi connectivity index (χ0) is 17.7. The lowest BCUT2D eigenvalue weighted by atomic mass is 10.0. The molecule has 0 aliphatic carbocycles. The summed E-state index contributed by atoms with van der Waals surface area (Å²) in [4.78, 5) is 0. The molecule has 0 saturated carbocycles. The van der Waals surface area contributed by atoms with E-state index < -0.39 is 0 Å². The van der Waals surface area contributed by atoms with Gasteiger partial charge in [0, 0.05) is 16.0 Å². The number of anilines is 1. The highest BCUT2D eigenvalue weighted by atomic mass is 35.5. The van der Waals surface area contributed by atoms with Gasteiger partial charge >= 0.3 is 0 Å². The van der Waals surface area contributed by atoms with Crippen molar-refractivity contribution in [1.29, 1.82) is 0 Å². The van der Waals surface area contributed by atoms with Crippen molar-refractivity contribution >= 4 is 34.2 Å². The highest BCUT2D eigenvalue weighted by Crippen LogP contribution is 2.36. The molecular formula is C19H14ClN5O. The number of nitrogens with zero attached hydrogens (tertiary/aromatic N) is 4. The van der Waals surface area contributed by atoms with Gasteiger partial charge in [0.05, 0.1) is 5.70 Å². The number of fused-ring (bicyclic) bond motifs is 2. The van der Waals surface area contributed by atoms with E-state index in [0.717, 1.165) is 33.6 Å². The van der Waals surface area contributed by atoms with Crippen LogP contribution in [0.2, 0.25) is 5.02 Å². The number of para-hydroxylation sites is 1. The van der Waals surface area contributed by atoms with Crippen LogP contribution < -0.4 is 5.32 Å². The van der Waals surface area contributed by atoms with Crippen LogP contribution in [-0.2, 0) is 0 Å². The van der Waals surface area contributed by atoms with Crippen molar-refractivity contribution in [3.63, 3.8) is 0 Å². The summed E-state index contributed by atoms with van der Waals surface area (Å²) < 4.78 is 7.84. The molecule has 2 aromatic carbocycles. The summed E-state index contributed by atoms with van der Waals surface area (Å²) in [7, 11) is 0. The summed E-state index contributed by atoms with van der Waals surface area (Å²) in [5, 5.41) is 17.1. The number of aryl methyl sites for hydroxylation is 1. The van der Waals surface area contributed by atoms with Crippen LogP contribution >= 0.6 is 11.6 Å². The monoisotopic (exact) mass is 363 g/mol. The van der Waals surface area contributed by atoms with Gasteiger partial charge in [0.1, 0.15) is 11.6 Å². The number of aromatic nitrogens is 4. The molecule has 0 amide bonds. The first-order valence-corrected chi connectivity index (χ1v) is 8.59. The van der Waals surface area contributed by atoms with E-state index in [2.05, 4.69) is 39.9 Å². The fourth-order valence-electron chi connectivity index (χ4n) is 3.31. The predicted molar refractivity (Wildman–Crippen MR) is 100.0 cm³/mol. The zero-order valence-corrected chi connectivity index (χ0v) is 14.6. The largest absolute Gasteiger partial charge is 0.454 e. The van der Waals surface area contributed by atoms with Crippen molar-refractivity contribution in [3.05, 3.63) is 76.5 Å². The van der Waals surface area contributed by atoms with Crippen molar-refractivity contribution in [3.8, 4) is 0 Å². The Labute approximate surface area is 154 Å². The fourth-order valence-corrected chi connectivity index (χ4v) is 3.44. The molecule has 0 fully saturated rings. The van der Waals surface area contributed by atoms with Crippen molar-refractivity contribution < 1.29 is 4.42 Å². The molecule has 1 aliphatic heterocycles. The van der Waals surface area contributed by atoms with Crippen LogP contribution in [0.5, 0.6) is 0 Å². The molecule has 5 rings (SSSR count). The molecule has 0 spiro atoms. The van der Waals surface area contributed by atoms with Gasteiger partial charge in [0.15, 0.2) is 5.76 Å². The summed E-state index contributed by atoms with van der Waals surface area (Å²) in [5.74, 6) is 1.36. The maximum Gasteiger partial charge on any atom is 0.248 e.